The molecule has 0 spiro atoms. The number of hydrogen-bond donors (Lipinski definition) is 1. The lowest BCUT2D eigenvalue weighted by Crippen LogP contribution is -2.32. The topological polar surface area (TPSA) is 37.8 Å². The summed E-state index contributed by atoms with van der Waals surface area (Å²) < 4.78 is 0. The van der Waals surface area contributed by atoms with Crippen molar-refractivity contribution in [3.63, 3.8) is 0 Å². The van der Waals surface area contributed by atoms with Gasteiger partial charge in [0.2, 0.25) is 0 Å². The van der Waals surface area contributed by atoms with E-state index in [1.165, 1.54) is 18.4 Å². The van der Waals surface area contributed by atoms with Crippen molar-refractivity contribution >= 4 is 11.8 Å². The lowest BCUT2D eigenvalue weighted by molar-refractivity contribution is 0.487. The van der Waals surface area contributed by atoms with Gasteiger partial charge in [-0.05, 0) is 39.2 Å². The van der Waals surface area contributed by atoms with E-state index >= 15 is 0 Å². The fourth-order valence-electron chi connectivity index (χ4n) is 1.93. The third-order valence-corrected chi connectivity index (χ3v) is 4.56. The van der Waals surface area contributed by atoms with Crippen LogP contribution in [-0.2, 0) is 0 Å². The van der Waals surface area contributed by atoms with Crippen LogP contribution in [-0.4, -0.2) is 27.8 Å². The number of aryl methyl sites for hydroxylation is 2. The van der Waals surface area contributed by atoms with E-state index in [2.05, 4.69) is 56.8 Å². The van der Waals surface area contributed by atoms with Crippen LogP contribution in [0.15, 0.2) is 5.16 Å². The number of thioether (sulfide) groups is 1. The fraction of sp³-hybridized carbons (Fsp3) is 0.733. The first-order valence-electron chi connectivity index (χ1n) is 7.19. The van der Waals surface area contributed by atoms with Crippen molar-refractivity contribution in [2.24, 2.45) is 0 Å². The summed E-state index contributed by atoms with van der Waals surface area (Å²) in [6, 6.07) is 0.630. The normalized spacial score (nSPS) is 13.0. The highest BCUT2D eigenvalue weighted by atomic mass is 32.2. The highest BCUT2D eigenvalue weighted by molar-refractivity contribution is 7.99. The van der Waals surface area contributed by atoms with Crippen LogP contribution in [0.3, 0.4) is 0 Å². The van der Waals surface area contributed by atoms with Gasteiger partial charge in [0.25, 0.3) is 0 Å². The summed E-state index contributed by atoms with van der Waals surface area (Å²) in [6.07, 6.45) is 2.38. The predicted octanol–water partition coefficient (Wildman–Crippen LogP) is 3.66. The van der Waals surface area contributed by atoms with Crippen LogP contribution in [0.5, 0.6) is 0 Å². The average molecular weight is 281 g/mol. The Morgan fingerprint density at radius 1 is 1.05 bits per heavy atom. The van der Waals surface area contributed by atoms with Crippen LogP contribution >= 0.6 is 11.8 Å². The third kappa shape index (κ3) is 5.11. The first-order chi connectivity index (χ1) is 8.97. The van der Waals surface area contributed by atoms with Crippen molar-refractivity contribution in [2.45, 2.75) is 70.8 Å². The minimum Gasteiger partial charge on any atom is -0.313 e. The molecule has 3 nitrogen and oxygen atoms in total. The van der Waals surface area contributed by atoms with E-state index in [-0.39, 0.29) is 0 Å². The number of rotatable bonds is 7. The zero-order valence-electron chi connectivity index (χ0n) is 13.1. The van der Waals surface area contributed by atoms with Gasteiger partial charge in [-0.3, -0.25) is 0 Å². The second-order valence-electron chi connectivity index (χ2n) is 5.15. The molecule has 0 amide bonds. The van der Waals surface area contributed by atoms with Crippen LogP contribution in [0, 0.1) is 20.8 Å². The van der Waals surface area contributed by atoms with Crippen molar-refractivity contribution in [1.82, 2.24) is 15.3 Å². The fourth-order valence-corrected chi connectivity index (χ4v) is 2.84. The Hall–Kier alpha value is -0.610. The standard InChI is InChI=1S/C15H27N3S/c1-7-14(8-2)16-9-10(3)19-15-17-12(5)11(4)13(6)18-15/h10,14,16H,7-9H2,1-6H3. The molecule has 0 bridgehead atoms. The SMILES string of the molecule is CCC(CC)NCC(C)Sc1nc(C)c(C)c(C)n1. The molecule has 1 atom stereocenters. The maximum atomic E-state index is 4.57. The minimum absolute atomic E-state index is 0.488. The van der Waals surface area contributed by atoms with Crippen LogP contribution in [0.2, 0.25) is 0 Å². The van der Waals surface area contributed by atoms with Crippen LogP contribution in [0.4, 0.5) is 0 Å². The first kappa shape index (κ1) is 16.4. The van der Waals surface area contributed by atoms with E-state index in [1.54, 1.807) is 11.8 Å². The van der Waals surface area contributed by atoms with Crippen molar-refractivity contribution in [3.8, 4) is 0 Å². The summed E-state index contributed by atoms with van der Waals surface area (Å²) in [4.78, 5) is 9.13. The quantitative estimate of drug-likeness (QED) is 0.611. The van der Waals surface area contributed by atoms with Gasteiger partial charge in [-0.15, -0.1) is 0 Å². The molecule has 1 rings (SSSR count). The number of hydrogen-bond acceptors (Lipinski definition) is 4. The van der Waals surface area contributed by atoms with Gasteiger partial charge in [0.05, 0.1) is 0 Å². The largest absolute Gasteiger partial charge is 0.313 e. The zero-order chi connectivity index (χ0) is 14.4. The molecule has 1 unspecified atom stereocenters. The highest BCUT2D eigenvalue weighted by Gasteiger charge is 2.11. The van der Waals surface area contributed by atoms with Gasteiger partial charge in [0.1, 0.15) is 0 Å². The zero-order valence-corrected chi connectivity index (χ0v) is 13.9. The van der Waals surface area contributed by atoms with Gasteiger partial charge in [-0.25, -0.2) is 9.97 Å². The number of nitrogens with one attached hydrogen (secondary N) is 1. The molecule has 0 saturated heterocycles. The average Bonchev–Trinajstić information content (AvgIpc) is 2.37. The second-order valence-corrected chi connectivity index (χ2v) is 6.56. The lowest BCUT2D eigenvalue weighted by atomic mass is 10.2. The molecule has 4 heteroatoms. The molecule has 0 aromatic carbocycles. The van der Waals surface area contributed by atoms with E-state index in [9.17, 15) is 0 Å². The summed E-state index contributed by atoms with van der Waals surface area (Å²) in [5.41, 5.74) is 3.39. The van der Waals surface area contributed by atoms with Crippen molar-refractivity contribution in [1.29, 1.82) is 0 Å². The van der Waals surface area contributed by atoms with Gasteiger partial charge in [-0.2, -0.15) is 0 Å². The van der Waals surface area contributed by atoms with Crippen molar-refractivity contribution in [2.75, 3.05) is 6.54 Å². The van der Waals surface area contributed by atoms with Crippen LogP contribution in [0.25, 0.3) is 0 Å². The Labute approximate surface area is 122 Å². The minimum atomic E-state index is 0.488. The molecule has 0 fully saturated rings. The van der Waals surface area contributed by atoms with Crippen LogP contribution in [0.1, 0.15) is 50.6 Å². The van der Waals surface area contributed by atoms with E-state index in [0.29, 0.717) is 11.3 Å². The van der Waals surface area contributed by atoms with Gasteiger partial charge in [0, 0.05) is 29.2 Å². The number of aromatic nitrogens is 2. The highest BCUT2D eigenvalue weighted by Crippen LogP contribution is 2.21. The molecule has 0 aliphatic heterocycles. The smallest absolute Gasteiger partial charge is 0.188 e. The summed E-state index contributed by atoms with van der Waals surface area (Å²) >= 11 is 1.76. The Bertz CT molecular complexity index is 379. The van der Waals surface area contributed by atoms with E-state index in [0.717, 1.165) is 23.1 Å². The van der Waals surface area contributed by atoms with Gasteiger partial charge < -0.3 is 5.32 Å². The maximum Gasteiger partial charge on any atom is 0.188 e. The summed E-state index contributed by atoms with van der Waals surface area (Å²) in [6.45, 7) is 13.9. The molecule has 0 aliphatic carbocycles. The summed E-state index contributed by atoms with van der Waals surface area (Å²) in [5, 5.41) is 4.99. The van der Waals surface area contributed by atoms with E-state index < -0.39 is 0 Å². The van der Waals surface area contributed by atoms with Gasteiger partial charge in [0.15, 0.2) is 5.16 Å². The Balaban J connectivity index is 2.55. The Morgan fingerprint density at radius 3 is 2.05 bits per heavy atom. The lowest BCUT2D eigenvalue weighted by Gasteiger charge is -2.18. The predicted molar refractivity (Wildman–Crippen MR) is 83.9 cm³/mol. The molecular formula is C15H27N3S. The molecular weight excluding hydrogens is 254 g/mol. The Kier molecular flexibility index (Phi) is 6.80. The molecule has 108 valence electrons. The first-order valence-corrected chi connectivity index (χ1v) is 8.07. The molecule has 19 heavy (non-hydrogen) atoms. The molecule has 1 N–H and O–H groups in total. The molecule has 0 radical (unpaired) electrons. The molecule has 1 aromatic rings. The third-order valence-electron chi connectivity index (χ3n) is 3.60. The monoisotopic (exact) mass is 281 g/mol. The van der Waals surface area contributed by atoms with Gasteiger partial charge in [-0.1, -0.05) is 32.5 Å². The summed E-state index contributed by atoms with van der Waals surface area (Å²) in [7, 11) is 0. The second kappa shape index (κ2) is 7.85. The Morgan fingerprint density at radius 2 is 1.58 bits per heavy atom. The van der Waals surface area contributed by atoms with Crippen molar-refractivity contribution in [3.05, 3.63) is 17.0 Å². The molecule has 1 heterocycles. The van der Waals surface area contributed by atoms with E-state index in [1.807, 2.05) is 0 Å². The maximum absolute atomic E-state index is 4.57. The van der Waals surface area contributed by atoms with Crippen LogP contribution < -0.4 is 5.32 Å². The number of nitrogens with zero attached hydrogens (tertiary/aromatic N) is 2. The van der Waals surface area contributed by atoms with Crippen molar-refractivity contribution < 1.29 is 0 Å². The van der Waals surface area contributed by atoms with Gasteiger partial charge >= 0.3 is 0 Å². The molecule has 0 saturated carbocycles. The molecule has 1 aromatic heterocycles. The summed E-state index contributed by atoms with van der Waals surface area (Å²) in [5.74, 6) is 0. The van der Waals surface area contributed by atoms with E-state index in [4.69, 9.17) is 0 Å². The molecule has 0 aliphatic rings.